The number of hydrogen-bond acceptors (Lipinski definition) is 3. The second-order valence-electron chi connectivity index (χ2n) is 3.46. The van der Waals surface area contributed by atoms with E-state index in [0.717, 1.165) is 0 Å². The minimum Gasteiger partial charge on any atom is -0.384 e. The van der Waals surface area contributed by atoms with Crippen LogP contribution in [0.1, 0.15) is 20.3 Å². The van der Waals surface area contributed by atoms with Crippen LogP contribution in [0.15, 0.2) is 0 Å². The van der Waals surface area contributed by atoms with Crippen LogP contribution in [0.4, 0.5) is 0 Å². The quantitative estimate of drug-likeness (QED) is 0.647. The molecule has 0 aromatic rings. The van der Waals surface area contributed by atoms with Gasteiger partial charge in [0.25, 0.3) is 0 Å². The number of aliphatic hydroxyl groups is 1. The zero-order chi connectivity index (χ0) is 10.5. The number of methoxy groups -OCH3 is 1. The van der Waals surface area contributed by atoms with Gasteiger partial charge in [0.2, 0.25) is 5.91 Å². The fourth-order valence-corrected chi connectivity index (χ4v) is 1.16. The number of aliphatic hydroxyl groups excluding tert-OH is 1. The third-order valence-corrected chi connectivity index (χ3v) is 2.44. The Kier molecular flexibility index (Phi) is 4.95. The molecular formula is C9H19NO3. The van der Waals surface area contributed by atoms with Gasteiger partial charge < -0.3 is 15.2 Å². The summed E-state index contributed by atoms with van der Waals surface area (Å²) in [6.07, 6.45) is -0.322. The molecule has 0 aliphatic heterocycles. The summed E-state index contributed by atoms with van der Waals surface area (Å²) >= 11 is 0. The normalized spacial score (nSPS) is 17.6. The van der Waals surface area contributed by atoms with Crippen LogP contribution >= 0.6 is 0 Å². The Balaban J connectivity index is 4.45. The molecule has 0 aliphatic rings. The molecule has 0 rings (SSSR count). The van der Waals surface area contributed by atoms with Crippen molar-refractivity contribution in [2.24, 2.45) is 5.41 Å². The predicted molar refractivity (Wildman–Crippen MR) is 50.3 cm³/mol. The maximum atomic E-state index is 11.2. The molecule has 1 amide bonds. The molecule has 78 valence electrons. The van der Waals surface area contributed by atoms with Crippen molar-refractivity contribution in [1.82, 2.24) is 5.32 Å². The van der Waals surface area contributed by atoms with Crippen LogP contribution in [0.3, 0.4) is 0 Å². The van der Waals surface area contributed by atoms with Gasteiger partial charge in [-0.1, -0.05) is 13.8 Å². The summed E-state index contributed by atoms with van der Waals surface area (Å²) in [5, 5.41) is 12.1. The van der Waals surface area contributed by atoms with Gasteiger partial charge in [-0.3, -0.25) is 4.79 Å². The minimum absolute atomic E-state index is 0.360. The first-order valence-electron chi connectivity index (χ1n) is 4.40. The van der Waals surface area contributed by atoms with Crippen molar-refractivity contribution in [2.75, 3.05) is 20.8 Å². The highest BCUT2D eigenvalue weighted by molar-refractivity contribution is 5.81. The van der Waals surface area contributed by atoms with Gasteiger partial charge in [-0.05, 0) is 6.42 Å². The molecule has 0 heterocycles. The smallest absolute Gasteiger partial charge is 0.249 e. The first kappa shape index (κ1) is 12.4. The van der Waals surface area contributed by atoms with E-state index < -0.39 is 11.5 Å². The standard InChI is InChI=1S/C9H19NO3/c1-5-9(2,6-13-4)7(11)8(12)10-3/h7,11H,5-6H2,1-4H3,(H,10,12)/t7-,9+/m1/s1. The molecule has 0 radical (unpaired) electrons. The lowest BCUT2D eigenvalue weighted by Gasteiger charge is -2.31. The van der Waals surface area contributed by atoms with Gasteiger partial charge in [0.15, 0.2) is 0 Å². The molecule has 0 spiro atoms. The van der Waals surface area contributed by atoms with Crippen LogP contribution in [0.2, 0.25) is 0 Å². The maximum Gasteiger partial charge on any atom is 0.249 e. The molecule has 13 heavy (non-hydrogen) atoms. The van der Waals surface area contributed by atoms with Crippen molar-refractivity contribution >= 4 is 5.91 Å². The highest BCUT2D eigenvalue weighted by atomic mass is 16.5. The van der Waals surface area contributed by atoms with Crippen LogP contribution < -0.4 is 5.32 Å². The molecule has 2 atom stereocenters. The first-order valence-corrected chi connectivity index (χ1v) is 4.40. The van der Waals surface area contributed by atoms with Crippen LogP contribution in [0, 0.1) is 5.41 Å². The van der Waals surface area contributed by atoms with Gasteiger partial charge in [-0.25, -0.2) is 0 Å². The molecule has 0 fully saturated rings. The van der Waals surface area contributed by atoms with Gasteiger partial charge >= 0.3 is 0 Å². The highest BCUT2D eigenvalue weighted by Crippen LogP contribution is 2.26. The third kappa shape index (κ3) is 2.97. The van der Waals surface area contributed by atoms with E-state index in [9.17, 15) is 9.90 Å². The summed E-state index contributed by atoms with van der Waals surface area (Å²) in [4.78, 5) is 11.2. The second-order valence-corrected chi connectivity index (χ2v) is 3.46. The number of nitrogens with one attached hydrogen (secondary N) is 1. The zero-order valence-corrected chi connectivity index (χ0v) is 8.76. The highest BCUT2D eigenvalue weighted by Gasteiger charge is 2.35. The van der Waals surface area contributed by atoms with Crippen molar-refractivity contribution in [3.8, 4) is 0 Å². The monoisotopic (exact) mass is 189 g/mol. The fraction of sp³-hybridized carbons (Fsp3) is 0.889. The summed E-state index contributed by atoms with van der Waals surface area (Å²) in [6, 6.07) is 0. The molecule has 0 bridgehead atoms. The van der Waals surface area contributed by atoms with Gasteiger partial charge in [0.1, 0.15) is 6.10 Å². The summed E-state index contributed by atoms with van der Waals surface area (Å²) < 4.78 is 4.97. The van der Waals surface area contributed by atoms with E-state index >= 15 is 0 Å². The number of rotatable bonds is 5. The number of amides is 1. The molecule has 0 aliphatic carbocycles. The Morgan fingerprint density at radius 2 is 2.23 bits per heavy atom. The van der Waals surface area contributed by atoms with E-state index in [2.05, 4.69) is 5.32 Å². The molecule has 0 aromatic heterocycles. The van der Waals surface area contributed by atoms with Crippen LogP contribution in [-0.4, -0.2) is 37.9 Å². The number of ether oxygens (including phenoxy) is 1. The van der Waals surface area contributed by atoms with E-state index in [0.29, 0.717) is 13.0 Å². The van der Waals surface area contributed by atoms with Crippen molar-refractivity contribution in [2.45, 2.75) is 26.4 Å². The summed E-state index contributed by atoms with van der Waals surface area (Å²) in [5.41, 5.74) is -0.505. The lowest BCUT2D eigenvalue weighted by atomic mass is 9.82. The van der Waals surface area contributed by atoms with E-state index in [1.54, 1.807) is 7.11 Å². The maximum absolute atomic E-state index is 11.2. The zero-order valence-electron chi connectivity index (χ0n) is 8.76. The van der Waals surface area contributed by atoms with E-state index in [1.807, 2.05) is 13.8 Å². The Morgan fingerprint density at radius 1 is 1.69 bits per heavy atom. The predicted octanol–water partition coefficient (Wildman–Crippen LogP) is 0.156. The second kappa shape index (κ2) is 5.19. The van der Waals surface area contributed by atoms with Crippen molar-refractivity contribution in [3.05, 3.63) is 0 Å². The Hall–Kier alpha value is -0.610. The Morgan fingerprint density at radius 3 is 2.54 bits per heavy atom. The van der Waals surface area contributed by atoms with E-state index in [1.165, 1.54) is 7.05 Å². The Labute approximate surface area is 79.3 Å². The van der Waals surface area contributed by atoms with Crippen molar-refractivity contribution < 1.29 is 14.6 Å². The summed E-state index contributed by atoms with van der Waals surface area (Å²) in [5.74, 6) is -0.360. The number of hydrogen-bond donors (Lipinski definition) is 2. The molecule has 0 aromatic carbocycles. The summed E-state index contributed by atoms with van der Waals surface area (Å²) in [6.45, 7) is 4.12. The average Bonchev–Trinajstić information content (AvgIpc) is 2.15. The molecule has 4 heteroatoms. The molecule has 0 unspecified atom stereocenters. The minimum atomic E-state index is -1.01. The lowest BCUT2D eigenvalue weighted by molar-refractivity contribution is -0.138. The fourth-order valence-electron chi connectivity index (χ4n) is 1.16. The van der Waals surface area contributed by atoms with Crippen molar-refractivity contribution in [1.29, 1.82) is 0 Å². The first-order chi connectivity index (χ1) is 6.01. The topological polar surface area (TPSA) is 58.6 Å². The van der Waals surface area contributed by atoms with E-state index in [-0.39, 0.29) is 5.91 Å². The number of carbonyl (C=O) groups is 1. The number of likely N-dealkylation sites (N-methyl/N-ethyl adjacent to an activating group) is 1. The van der Waals surface area contributed by atoms with Crippen LogP contribution in [-0.2, 0) is 9.53 Å². The largest absolute Gasteiger partial charge is 0.384 e. The number of carbonyl (C=O) groups excluding carboxylic acids is 1. The average molecular weight is 189 g/mol. The molecule has 0 saturated carbocycles. The molecule has 2 N–H and O–H groups in total. The van der Waals surface area contributed by atoms with Crippen LogP contribution in [0.5, 0.6) is 0 Å². The lowest BCUT2D eigenvalue weighted by Crippen LogP contribution is -2.46. The molecule has 0 saturated heterocycles. The van der Waals surface area contributed by atoms with Crippen molar-refractivity contribution in [3.63, 3.8) is 0 Å². The SMILES string of the molecule is CC[C@@](C)(COC)[C@H](O)C(=O)NC. The summed E-state index contributed by atoms with van der Waals surface area (Å²) in [7, 11) is 3.07. The molecule has 4 nitrogen and oxygen atoms in total. The van der Waals surface area contributed by atoms with Gasteiger partial charge in [0.05, 0.1) is 6.61 Å². The van der Waals surface area contributed by atoms with Gasteiger partial charge in [0, 0.05) is 19.6 Å². The molecular weight excluding hydrogens is 170 g/mol. The third-order valence-electron chi connectivity index (χ3n) is 2.44. The van der Waals surface area contributed by atoms with E-state index in [4.69, 9.17) is 4.74 Å². The van der Waals surface area contributed by atoms with Gasteiger partial charge in [-0.2, -0.15) is 0 Å². The Bertz CT molecular complexity index is 172. The van der Waals surface area contributed by atoms with Crippen LogP contribution in [0.25, 0.3) is 0 Å². The van der Waals surface area contributed by atoms with Gasteiger partial charge in [-0.15, -0.1) is 0 Å².